The van der Waals surface area contributed by atoms with Crippen LogP contribution in [0, 0.1) is 11.8 Å². The minimum atomic E-state index is -4.76. The number of likely N-dealkylation sites (N-methyl/N-ethyl adjacent to an activating group) is 1. The monoisotopic (exact) mass is 556 g/mol. The molecule has 0 aliphatic carbocycles. The van der Waals surface area contributed by atoms with Crippen LogP contribution in [0.1, 0.15) is 36.8 Å². The van der Waals surface area contributed by atoms with Crippen molar-refractivity contribution in [2.45, 2.75) is 44.2 Å². The molecule has 0 fully saturated rings. The maximum Gasteiger partial charge on any atom is 0.389 e. The average Bonchev–Trinajstić information content (AvgIpc) is 2.95. The zero-order chi connectivity index (χ0) is 29.0. The molecule has 0 saturated carbocycles. The SMILES string of the molecule is CN1C(=O)[C@@H](NC(=O)[C@H](CCC(F)(F)F)[C@@H](CCC(F)(F)F)C(N)=O)N=C(c2ccccc2)c2ccccc21. The van der Waals surface area contributed by atoms with Gasteiger partial charge in [-0.3, -0.25) is 14.4 Å². The summed E-state index contributed by atoms with van der Waals surface area (Å²) in [6.07, 6.45) is -16.2. The van der Waals surface area contributed by atoms with E-state index in [1.165, 1.54) is 11.9 Å². The Morgan fingerprint density at radius 2 is 1.46 bits per heavy atom. The Bertz CT molecular complexity index is 1230. The van der Waals surface area contributed by atoms with Crippen molar-refractivity contribution in [3.8, 4) is 0 Å². The van der Waals surface area contributed by atoms with Crippen LogP contribution in [0.15, 0.2) is 59.6 Å². The summed E-state index contributed by atoms with van der Waals surface area (Å²) in [5.41, 5.74) is 7.08. The molecule has 0 spiro atoms. The van der Waals surface area contributed by atoms with Gasteiger partial charge in [-0.2, -0.15) is 26.3 Å². The molecule has 2 aromatic carbocycles. The van der Waals surface area contributed by atoms with E-state index in [0.29, 0.717) is 22.5 Å². The van der Waals surface area contributed by atoms with Crippen molar-refractivity contribution in [1.82, 2.24) is 5.32 Å². The minimum absolute atomic E-state index is 0.296. The molecule has 39 heavy (non-hydrogen) atoms. The quantitative estimate of drug-likeness (QED) is 0.449. The second-order valence-electron chi connectivity index (χ2n) is 9.09. The van der Waals surface area contributed by atoms with Crippen molar-refractivity contribution in [1.29, 1.82) is 0 Å². The molecule has 7 nitrogen and oxygen atoms in total. The molecular formula is C26H26F6N4O3. The molecule has 1 aliphatic rings. The van der Waals surface area contributed by atoms with Crippen LogP contribution in [0.4, 0.5) is 32.0 Å². The van der Waals surface area contributed by atoms with E-state index in [0.717, 1.165) is 0 Å². The third-order valence-corrected chi connectivity index (χ3v) is 6.33. The van der Waals surface area contributed by atoms with E-state index in [2.05, 4.69) is 10.3 Å². The number of nitrogens with one attached hydrogen (secondary N) is 1. The first-order valence-corrected chi connectivity index (χ1v) is 11.9. The van der Waals surface area contributed by atoms with E-state index in [-0.39, 0.29) is 0 Å². The zero-order valence-corrected chi connectivity index (χ0v) is 20.7. The standard InChI is InChI=1S/C26H26F6N4O3/c1-36-19-10-6-5-9-18(19)20(15-7-3-2-4-8-15)34-22(24(36)39)35-23(38)17(12-14-26(30,31)32)16(21(33)37)11-13-25(27,28)29/h2-10,16-17,22H,11-14H2,1H3,(H2,33,37)(H,35,38)/t16-,17-,22-/m1/s1. The summed E-state index contributed by atoms with van der Waals surface area (Å²) in [6, 6.07) is 15.3. The molecule has 0 unspecified atom stereocenters. The van der Waals surface area contributed by atoms with Crippen molar-refractivity contribution in [2.75, 3.05) is 11.9 Å². The van der Waals surface area contributed by atoms with Crippen molar-refractivity contribution in [3.05, 3.63) is 65.7 Å². The Kier molecular flexibility index (Phi) is 9.03. The van der Waals surface area contributed by atoms with E-state index >= 15 is 0 Å². The maximum atomic E-state index is 13.3. The number of hydrogen-bond acceptors (Lipinski definition) is 4. The number of nitrogens with zero attached hydrogens (tertiary/aromatic N) is 2. The van der Waals surface area contributed by atoms with Gasteiger partial charge in [0.15, 0.2) is 0 Å². The van der Waals surface area contributed by atoms with Crippen LogP contribution in [-0.4, -0.2) is 49.0 Å². The van der Waals surface area contributed by atoms with Gasteiger partial charge in [0.1, 0.15) is 0 Å². The number of carbonyl (C=O) groups excluding carboxylic acids is 3. The summed E-state index contributed by atoms with van der Waals surface area (Å²) in [5, 5.41) is 2.27. The molecule has 210 valence electrons. The van der Waals surface area contributed by atoms with Crippen LogP contribution < -0.4 is 16.0 Å². The molecule has 0 radical (unpaired) electrons. The van der Waals surface area contributed by atoms with Crippen LogP contribution in [0.2, 0.25) is 0 Å². The second-order valence-corrected chi connectivity index (χ2v) is 9.09. The molecule has 13 heteroatoms. The van der Waals surface area contributed by atoms with Gasteiger partial charge in [-0.1, -0.05) is 48.5 Å². The first-order valence-electron chi connectivity index (χ1n) is 11.9. The molecule has 3 rings (SSSR count). The Hall–Kier alpha value is -3.90. The average molecular weight is 557 g/mol. The lowest BCUT2D eigenvalue weighted by atomic mass is 9.83. The lowest BCUT2D eigenvalue weighted by Gasteiger charge is -2.27. The fourth-order valence-corrected chi connectivity index (χ4v) is 4.38. The van der Waals surface area contributed by atoms with E-state index in [4.69, 9.17) is 5.73 Å². The first-order chi connectivity index (χ1) is 18.2. The topological polar surface area (TPSA) is 105 Å². The van der Waals surface area contributed by atoms with Gasteiger partial charge in [0.2, 0.25) is 18.0 Å². The van der Waals surface area contributed by atoms with Crippen molar-refractivity contribution in [3.63, 3.8) is 0 Å². The smallest absolute Gasteiger partial charge is 0.369 e. The third-order valence-electron chi connectivity index (χ3n) is 6.33. The fraction of sp³-hybridized carbons (Fsp3) is 0.385. The number of benzodiazepines with no additional fused rings is 1. The molecule has 3 N–H and O–H groups in total. The maximum absolute atomic E-state index is 13.3. The van der Waals surface area contributed by atoms with Gasteiger partial charge in [-0.05, 0) is 18.9 Å². The molecule has 2 aromatic rings. The Morgan fingerprint density at radius 1 is 0.923 bits per heavy atom. The predicted octanol–water partition coefficient (Wildman–Crippen LogP) is 4.35. The molecule has 1 aliphatic heterocycles. The number of para-hydroxylation sites is 1. The number of rotatable bonds is 9. The molecule has 0 aromatic heterocycles. The van der Waals surface area contributed by atoms with Crippen molar-refractivity contribution < 1.29 is 40.7 Å². The van der Waals surface area contributed by atoms with Crippen molar-refractivity contribution in [2.24, 2.45) is 22.6 Å². The molecule has 0 bridgehead atoms. The molecule has 1 heterocycles. The van der Waals surface area contributed by atoms with Crippen LogP contribution >= 0.6 is 0 Å². The van der Waals surface area contributed by atoms with Crippen LogP contribution in [0.25, 0.3) is 0 Å². The number of hydrogen-bond donors (Lipinski definition) is 2. The summed E-state index contributed by atoms with van der Waals surface area (Å²) in [6.45, 7) is 0. The largest absolute Gasteiger partial charge is 0.389 e. The number of primary amides is 1. The highest BCUT2D eigenvalue weighted by atomic mass is 19.4. The van der Waals surface area contributed by atoms with Crippen LogP contribution in [0.5, 0.6) is 0 Å². The zero-order valence-electron chi connectivity index (χ0n) is 20.7. The number of carbonyl (C=O) groups is 3. The molecule has 3 atom stereocenters. The summed E-state index contributed by atoms with van der Waals surface area (Å²) < 4.78 is 77.7. The highest BCUT2D eigenvalue weighted by Crippen LogP contribution is 2.33. The fourth-order valence-electron chi connectivity index (χ4n) is 4.38. The number of fused-ring (bicyclic) bond motifs is 1. The lowest BCUT2D eigenvalue weighted by molar-refractivity contribution is -0.152. The van der Waals surface area contributed by atoms with Crippen molar-refractivity contribution >= 4 is 29.1 Å². The molecule has 0 saturated heterocycles. The number of alkyl halides is 6. The Morgan fingerprint density at radius 3 is 2.03 bits per heavy atom. The number of anilines is 1. The number of amides is 3. The summed E-state index contributed by atoms with van der Waals surface area (Å²) in [4.78, 5) is 44.2. The van der Waals surface area contributed by atoms with Gasteiger partial charge in [0, 0.05) is 42.9 Å². The summed E-state index contributed by atoms with van der Waals surface area (Å²) in [7, 11) is 1.42. The van der Waals surface area contributed by atoms with Gasteiger partial charge in [0.05, 0.1) is 11.4 Å². The molecular weight excluding hydrogens is 530 g/mol. The van der Waals surface area contributed by atoms with Gasteiger partial charge < -0.3 is 16.0 Å². The van der Waals surface area contributed by atoms with Crippen LogP contribution in [0.3, 0.4) is 0 Å². The molecule has 3 amide bonds. The van der Waals surface area contributed by atoms with Gasteiger partial charge in [-0.25, -0.2) is 4.99 Å². The summed E-state index contributed by atoms with van der Waals surface area (Å²) in [5.74, 6) is -7.08. The Balaban J connectivity index is 2.00. The van der Waals surface area contributed by atoms with E-state index in [1.54, 1.807) is 54.6 Å². The van der Waals surface area contributed by atoms with Gasteiger partial charge in [-0.15, -0.1) is 0 Å². The van der Waals surface area contributed by atoms with Gasteiger partial charge >= 0.3 is 12.4 Å². The van der Waals surface area contributed by atoms with Gasteiger partial charge in [0.25, 0.3) is 5.91 Å². The summed E-state index contributed by atoms with van der Waals surface area (Å²) >= 11 is 0. The highest BCUT2D eigenvalue weighted by molar-refractivity contribution is 6.20. The van der Waals surface area contributed by atoms with E-state index in [1.807, 2.05) is 0 Å². The van der Waals surface area contributed by atoms with Crippen LogP contribution in [-0.2, 0) is 14.4 Å². The number of nitrogens with two attached hydrogens (primary N) is 1. The van der Waals surface area contributed by atoms with E-state index < -0.39 is 73.8 Å². The highest BCUT2D eigenvalue weighted by Gasteiger charge is 2.41. The predicted molar refractivity (Wildman–Crippen MR) is 131 cm³/mol. The van der Waals surface area contributed by atoms with E-state index in [9.17, 15) is 40.7 Å². The minimum Gasteiger partial charge on any atom is -0.369 e. The third kappa shape index (κ3) is 7.80. The Labute approximate surface area is 220 Å². The lowest BCUT2D eigenvalue weighted by Crippen LogP contribution is -2.50. The first kappa shape index (κ1) is 29.7. The number of aliphatic imine (C=N–C) groups is 1. The number of benzene rings is 2. The number of halogens is 6. The second kappa shape index (κ2) is 11.9. The normalized spacial score (nSPS) is 17.5.